The monoisotopic (exact) mass is 356 g/mol. The molecular weight excluding hydrogens is 324 g/mol. The van der Waals surface area contributed by atoms with E-state index in [9.17, 15) is 4.79 Å². The predicted molar refractivity (Wildman–Crippen MR) is 104 cm³/mol. The van der Waals surface area contributed by atoms with Crippen molar-refractivity contribution < 1.29 is 9.53 Å². The Morgan fingerprint density at radius 1 is 1.00 bits per heavy atom. The second-order valence-corrected chi connectivity index (χ2v) is 8.28. The largest absolute Gasteiger partial charge is 0.484 e. The van der Waals surface area contributed by atoms with Gasteiger partial charge in [0.1, 0.15) is 5.75 Å². The van der Waals surface area contributed by atoms with Crippen LogP contribution in [0.3, 0.4) is 0 Å². The second kappa shape index (κ2) is 8.43. The molecule has 4 nitrogen and oxygen atoms in total. The summed E-state index contributed by atoms with van der Waals surface area (Å²) in [5, 5.41) is 0. The van der Waals surface area contributed by atoms with Crippen molar-refractivity contribution in [1.29, 1.82) is 0 Å². The van der Waals surface area contributed by atoms with Gasteiger partial charge < -0.3 is 14.5 Å². The molecule has 0 spiro atoms. The molecule has 3 aliphatic rings. The van der Waals surface area contributed by atoms with Gasteiger partial charge in [0.2, 0.25) is 0 Å². The summed E-state index contributed by atoms with van der Waals surface area (Å²) in [4.78, 5) is 17.3. The van der Waals surface area contributed by atoms with E-state index in [1.54, 1.807) is 0 Å². The topological polar surface area (TPSA) is 32.8 Å². The molecule has 1 atom stereocenters. The van der Waals surface area contributed by atoms with Crippen molar-refractivity contribution in [3.05, 3.63) is 29.3 Å². The first-order valence-electron chi connectivity index (χ1n) is 10.5. The molecule has 2 fully saturated rings. The molecule has 0 N–H and O–H groups in total. The summed E-state index contributed by atoms with van der Waals surface area (Å²) in [6.07, 6.45) is 10.0. The highest BCUT2D eigenvalue weighted by Gasteiger charge is 2.26. The summed E-state index contributed by atoms with van der Waals surface area (Å²) < 4.78 is 5.83. The van der Waals surface area contributed by atoms with Gasteiger partial charge in [-0.1, -0.05) is 12.5 Å². The molecule has 2 saturated heterocycles. The number of benzene rings is 1. The van der Waals surface area contributed by atoms with E-state index in [-0.39, 0.29) is 12.5 Å². The Morgan fingerprint density at radius 2 is 1.85 bits per heavy atom. The Morgan fingerprint density at radius 3 is 2.73 bits per heavy atom. The van der Waals surface area contributed by atoms with Gasteiger partial charge in [0.15, 0.2) is 6.61 Å². The number of ether oxygens (including phenoxy) is 1. The van der Waals surface area contributed by atoms with E-state index in [1.165, 1.54) is 62.7 Å². The average molecular weight is 357 g/mol. The number of amides is 1. The Balaban J connectivity index is 1.26. The minimum absolute atomic E-state index is 0.147. The van der Waals surface area contributed by atoms with Crippen LogP contribution in [-0.2, 0) is 17.6 Å². The lowest BCUT2D eigenvalue weighted by Gasteiger charge is -2.36. The third-order valence-corrected chi connectivity index (χ3v) is 6.27. The molecule has 2 aliphatic heterocycles. The molecule has 2 heterocycles. The first-order chi connectivity index (χ1) is 12.8. The zero-order valence-electron chi connectivity index (χ0n) is 15.9. The maximum Gasteiger partial charge on any atom is 0.260 e. The molecule has 0 bridgehead atoms. The molecule has 0 radical (unpaired) electrons. The van der Waals surface area contributed by atoms with Crippen LogP contribution in [0.5, 0.6) is 5.75 Å². The van der Waals surface area contributed by atoms with E-state index in [4.69, 9.17) is 4.74 Å². The van der Waals surface area contributed by atoms with E-state index in [0.29, 0.717) is 5.92 Å². The molecular formula is C22H32N2O2. The lowest BCUT2D eigenvalue weighted by Crippen LogP contribution is -2.46. The Hall–Kier alpha value is -1.55. The van der Waals surface area contributed by atoms with E-state index in [2.05, 4.69) is 17.0 Å². The molecule has 0 aromatic heterocycles. The highest BCUT2D eigenvalue weighted by atomic mass is 16.5. The number of carbonyl (C=O) groups is 1. The van der Waals surface area contributed by atoms with Crippen molar-refractivity contribution in [2.75, 3.05) is 39.3 Å². The number of likely N-dealkylation sites (tertiary alicyclic amines) is 2. The van der Waals surface area contributed by atoms with Crippen LogP contribution in [0.1, 0.15) is 49.7 Å². The number of hydrogen-bond donors (Lipinski definition) is 0. The fraction of sp³-hybridized carbons (Fsp3) is 0.682. The molecule has 1 aromatic rings. The summed E-state index contributed by atoms with van der Waals surface area (Å²) in [5.41, 5.74) is 2.84. The van der Waals surface area contributed by atoms with Gasteiger partial charge in [-0.25, -0.2) is 0 Å². The summed E-state index contributed by atoms with van der Waals surface area (Å²) in [6, 6.07) is 6.31. The maximum atomic E-state index is 12.6. The van der Waals surface area contributed by atoms with Crippen molar-refractivity contribution in [2.45, 2.75) is 51.4 Å². The fourth-order valence-electron chi connectivity index (χ4n) is 4.82. The predicted octanol–water partition coefficient (Wildman–Crippen LogP) is 3.28. The van der Waals surface area contributed by atoms with Crippen LogP contribution in [0, 0.1) is 5.92 Å². The van der Waals surface area contributed by atoms with Crippen LogP contribution in [0.4, 0.5) is 0 Å². The summed E-state index contributed by atoms with van der Waals surface area (Å²) in [6.45, 7) is 5.62. The minimum Gasteiger partial charge on any atom is -0.484 e. The van der Waals surface area contributed by atoms with Gasteiger partial charge in [0, 0.05) is 19.6 Å². The SMILES string of the molecule is O=C(COc1ccc2c(c1)CCC2)N1CCCC(CN2CCCCC2)C1. The Bertz CT molecular complexity index is 625. The smallest absolute Gasteiger partial charge is 0.260 e. The zero-order chi connectivity index (χ0) is 17.8. The molecule has 4 heteroatoms. The number of nitrogens with zero attached hydrogens (tertiary/aromatic N) is 2. The van der Waals surface area contributed by atoms with Gasteiger partial charge in [-0.3, -0.25) is 4.79 Å². The Kier molecular flexibility index (Phi) is 5.78. The summed E-state index contributed by atoms with van der Waals surface area (Å²) in [7, 11) is 0. The molecule has 0 saturated carbocycles. The van der Waals surface area contributed by atoms with Crippen molar-refractivity contribution in [3.63, 3.8) is 0 Å². The van der Waals surface area contributed by atoms with Gasteiger partial charge >= 0.3 is 0 Å². The highest BCUT2D eigenvalue weighted by molar-refractivity contribution is 5.77. The van der Waals surface area contributed by atoms with Crippen LogP contribution < -0.4 is 4.74 Å². The van der Waals surface area contributed by atoms with Crippen molar-refractivity contribution in [3.8, 4) is 5.75 Å². The number of rotatable bonds is 5. The number of piperidine rings is 2. The normalized spacial score (nSPS) is 23.7. The van der Waals surface area contributed by atoms with Gasteiger partial charge in [-0.15, -0.1) is 0 Å². The molecule has 1 amide bonds. The van der Waals surface area contributed by atoms with Gasteiger partial charge in [-0.05, 0) is 87.2 Å². The fourth-order valence-corrected chi connectivity index (χ4v) is 4.82. The lowest BCUT2D eigenvalue weighted by molar-refractivity contribution is -0.135. The molecule has 4 rings (SSSR count). The molecule has 1 aromatic carbocycles. The lowest BCUT2D eigenvalue weighted by atomic mass is 9.96. The van der Waals surface area contributed by atoms with E-state index < -0.39 is 0 Å². The van der Waals surface area contributed by atoms with E-state index in [1.807, 2.05) is 11.0 Å². The summed E-state index contributed by atoms with van der Waals surface area (Å²) in [5.74, 6) is 1.63. The van der Waals surface area contributed by atoms with Crippen molar-refractivity contribution >= 4 is 5.91 Å². The van der Waals surface area contributed by atoms with E-state index >= 15 is 0 Å². The average Bonchev–Trinajstić information content (AvgIpc) is 3.15. The first-order valence-corrected chi connectivity index (χ1v) is 10.5. The third-order valence-electron chi connectivity index (χ3n) is 6.27. The standard InChI is InChI=1S/C22H32N2O2/c25-22(17-26-21-10-9-19-7-4-8-20(19)14-21)24-13-5-6-18(16-24)15-23-11-2-1-3-12-23/h9-10,14,18H,1-8,11-13,15-17H2. The van der Waals surface area contributed by atoms with Crippen LogP contribution >= 0.6 is 0 Å². The summed E-state index contributed by atoms with van der Waals surface area (Å²) >= 11 is 0. The second-order valence-electron chi connectivity index (χ2n) is 8.28. The van der Waals surface area contributed by atoms with Crippen LogP contribution in [0.25, 0.3) is 0 Å². The molecule has 1 unspecified atom stereocenters. The van der Waals surface area contributed by atoms with Crippen LogP contribution in [-0.4, -0.2) is 55.0 Å². The van der Waals surface area contributed by atoms with Crippen molar-refractivity contribution in [2.24, 2.45) is 5.92 Å². The van der Waals surface area contributed by atoms with Crippen LogP contribution in [0.2, 0.25) is 0 Å². The van der Waals surface area contributed by atoms with Gasteiger partial charge in [0.25, 0.3) is 5.91 Å². The highest BCUT2D eigenvalue weighted by Crippen LogP contribution is 2.26. The van der Waals surface area contributed by atoms with E-state index in [0.717, 1.165) is 38.2 Å². The molecule has 142 valence electrons. The quantitative estimate of drug-likeness (QED) is 0.812. The minimum atomic E-state index is 0.147. The first kappa shape index (κ1) is 17.8. The number of fused-ring (bicyclic) bond motifs is 1. The number of hydrogen-bond acceptors (Lipinski definition) is 3. The Labute approximate surface area is 157 Å². The third kappa shape index (κ3) is 4.40. The zero-order valence-corrected chi connectivity index (χ0v) is 15.9. The van der Waals surface area contributed by atoms with Crippen molar-refractivity contribution in [1.82, 2.24) is 9.80 Å². The molecule has 26 heavy (non-hydrogen) atoms. The van der Waals surface area contributed by atoms with Gasteiger partial charge in [0.05, 0.1) is 0 Å². The van der Waals surface area contributed by atoms with Crippen LogP contribution in [0.15, 0.2) is 18.2 Å². The number of carbonyl (C=O) groups excluding carboxylic acids is 1. The molecule has 1 aliphatic carbocycles. The maximum absolute atomic E-state index is 12.6. The van der Waals surface area contributed by atoms with Gasteiger partial charge in [-0.2, -0.15) is 0 Å². The number of aryl methyl sites for hydroxylation is 2.